The topological polar surface area (TPSA) is 84.7 Å². The van der Waals surface area contributed by atoms with E-state index in [1.165, 1.54) is 0 Å². The van der Waals surface area contributed by atoms with Crippen molar-refractivity contribution in [2.24, 2.45) is 7.05 Å². The Kier molecular flexibility index (Phi) is 4.29. The van der Waals surface area contributed by atoms with Crippen molar-refractivity contribution in [2.45, 2.75) is 19.9 Å². The SMILES string of the molecule is CCNc1ccc(C(=O)NC(C)c2nncn2C)cn1. The highest BCUT2D eigenvalue weighted by Crippen LogP contribution is 2.10. The monoisotopic (exact) mass is 274 g/mol. The third-order valence-electron chi connectivity index (χ3n) is 2.86. The third kappa shape index (κ3) is 3.11. The molecule has 20 heavy (non-hydrogen) atoms. The molecule has 2 N–H and O–H groups in total. The summed E-state index contributed by atoms with van der Waals surface area (Å²) >= 11 is 0. The molecule has 0 spiro atoms. The van der Waals surface area contributed by atoms with E-state index >= 15 is 0 Å². The number of aryl methyl sites for hydroxylation is 1. The zero-order chi connectivity index (χ0) is 14.5. The number of hydrogen-bond acceptors (Lipinski definition) is 5. The number of nitrogens with one attached hydrogen (secondary N) is 2. The van der Waals surface area contributed by atoms with E-state index in [1.54, 1.807) is 29.2 Å². The fraction of sp³-hybridized carbons (Fsp3) is 0.385. The van der Waals surface area contributed by atoms with Crippen LogP contribution in [0.25, 0.3) is 0 Å². The summed E-state index contributed by atoms with van der Waals surface area (Å²) in [7, 11) is 1.84. The smallest absolute Gasteiger partial charge is 0.253 e. The maximum atomic E-state index is 12.1. The number of carbonyl (C=O) groups excluding carboxylic acids is 1. The Labute approximate surface area is 117 Å². The van der Waals surface area contributed by atoms with Crippen molar-refractivity contribution in [3.8, 4) is 0 Å². The van der Waals surface area contributed by atoms with Crippen molar-refractivity contribution in [1.82, 2.24) is 25.1 Å². The van der Waals surface area contributed by atoms with Gasteiger partial charge in [0.1, 0.15) is 12.1 Å². The zero-order valence-electron chi connectivity index (χ0n) is 11.8. The van der Waals surface area contributed by atoms with Gasteiger partial charge in [0.25, 0.3) is 5.91 Å². The van der Waals surface area contributed by atoms with Crippen LogP contribution in [-0.2, 0) is 7.05 Å². The van der Waals surface area contributed by atoms with E-state index in [0.717, 1.165) is 12.4 Å². The molecule has 0 aliphatic heterocycles. The van der Waals surface area contributed by atoms with Gasteiger partial charge in [0.2, 0.25) is 0 Å². The molecule has 106 valence electrons. The van der Waals surface area contributed by atoms with Crippen LogP contribution in [0.1, 0.15) is 36.1 Å². The average molecular weight is 274 g/mol. The Morgan fingerprint density at radius 3 is 2.80 bits per heavy atom. The van der Waals surface area contributed by atoms with Gasteiger partial charge in [-0.1, -0.05) is 0 Å². The van der Waals surface area contributed by atoms with Crippen molar-refractivity contribution < 1.29 is 4.79 Å². The summed E-state index contributed by atoms with van der Waals surface area (Å²) in [4.78, 5) is 16.3. The number of rotatable bonds is 5. The highest BCUT2D eigenvalue weighted by molar-refractivity contribution is 5.94. The van der Waals surface area contributed by atoms with E-state index in [-0.39, 0.29) is 11.9 Å². The van der Waals surface area contributed by atoms with Crippen LogP contribution in [0.5, 0.6) is 0 Å². The zero-order valence-corrected chi connectivity index (χ0v) is 11.8. The lowest BCUT2D eigenvalue weighted by molar-refractivity contribution is 0.0937. The number of nitrogens with zero attached hydrogens (tertiary/aromatic N) is 4. The lowest BCUT2D eigenvalue weighted by Crippen LogP contribution is -2.28. The minimum atomic E-state index is -0.219. The summed E-state index contributed by atoms with van der Waals surface area (Å²) in [6.07, 6.45) is 3.15. The largest absolute Gasteiger partial charge is 0.370 e. The minimum Gasteiger partial charge on any atom is -0.370 e. The summed E-state index contributed by atoms with van der Waals surface area (Å²) in [5, 5.41) is 13.7. The first kappa shape index (κ1) is 14.0. The van der Waals surface area contributed by atoms with Crippen LogP contribution in [0.2, 0.25) is 0 Å². The summed E-state index contributed by atoms with van der Waals surface area (Å²) < 4.78 is 1.78. The molecule has 0 aliphatic rings. The molecule has 1 atom stereocenters. The molecule has 7 nitrogen and oxygen atoms in total. The van der Waals surface area contributed by atoms with Crippen molar-refractivity contribution in [1.29, 1.82) is 0 Å². The van der Waals surface area contributed by atoms with Crippen LogP contribution in [0, 0.1) is 0 Å². The van der Waals surface area contributed by atoms with E-state index in [1.807, 2.05) is 20.9 Å². The Morgan fingerprint density at radius 2 is 2.25 bits per heavy atom. The van der Waals surface area contributed by atoms with Gasteiger partial charge in [0.05, 0.1) is 11.6 Å². The first-order chi connectivity index (χ1) is 9.61. The van der Waals surface area contributed by atoms with Crippen LogP contribution in [0.3, 0.4) is 0 Å². The molecule has 0 saturated heterocycles. The normalized spacial score (nSPS) is 11.9. The van der Waals surface area contributed by atoms with Gasteiger partial charge in [-0.3, -0.25) is 4.79 Å². The van der Waals surface area contributed by atoms with Crippen molar-refractivity contribution in [3.05, 3.63) is 36.0 Å². The third-order valence-corrected chi connectivity index (χ3v) is 2.86. The fourth-order valence-corrected chi connectivity index (χ4v) is 1.84. The molecule has 7 heteroatoms. The highest BCUT2D eigenvalue weighted by atomic mass is 16.1. The van der Waals surface area contributed by atoms with Crippen LogP contribution < -0.4 is 10.6 Å². The Balaban J connectivity index is 2.03. The molecule has 2 aromatic rings. The number of aromatic nitrogens is 4. The molecule has 0 bridgehead atoms. The molecule has 1 unspecified atom stereocenters. The molecule has 0 aliphatic carbocycles. The highest BCUT2D eigenvalue weighted by Gasteiger charge is 2.15. The average Bonchev–Trinajstić information content (AvgIpc) is 2.86. The van der Waals surface area contributed by atoms with Crippen LogP contribution in [-0.4, -0.2) is 32.2 Å². The van der Waals surface area contributed by atoms with Gasteiger partial charge in [-0.05, 0) is 26.0 Å². The molecule has 0 radical (unpaired) electrons. The molecule has 0 aromatic carbocycles. The second kappa shape index (κ2) is 6.14. The van der Waals surface area contributed by atoms with Gasteiger partial charge in [-0.25, -0.2) is 4.98 Å². The summed E-state index contributed by atoms with van der Waals surface area (Å²) in [5.41, 5.74) is 0.515. The molecule has 1 amide bonds. The standard InChI is InChI=1S/C13H18N6O/c1-4-14-11-6-5-10(7-15-11)13(20)17-9(2)12-18-16-8-19(12)3/h5-9H,4H2,1-3H3,(H,14,15)(H,17,20). The van der Waals surface area contributed by atoms with E-state index < -0.39 is 0 Å². The van der Waals surface area contributed by atoms with Crippen molar-refractivity contribution in [3.63, 3.8) is 0 Å². The fourth-order valence-electron chi connectivity index (χ4n) is 1.84. The molecule has 0 saturated carbocycles. The lowest BCUT2D eigenvalue weighted by Gasteiger charge is -2.13. The first-order valence-corrected chi connectivity index (χ1v) is 6.46. The van der Waals surface area contributed by atoms with E-state index in [0.29, 0.717) is 11.4 Å². The molecule has 2 aromatic heterocycles. The Morgan fingerprint density at radius 1 is 1.45 bits per heavy atom. The molecule has 2 heterocycles. The van der Waals surface area contributed by atoms with Gasteiger partial charge in [0, 0.05) is 19.8 Å². The molecular formula is C13H18N6O. The molecular weight excluding hydrogens is 256 g/mol. The Bertz CT molecular complexity index is 577. The summed E-state index contributed by atoms with van der Waals surface area (Å²) in [6, 6.07) is 3.30. The van der Waals surface area contributed by atoms with Crippen molar-refractivity contribution in [2.75, 3.05) is 11.9 Å². The maximum absolute atomic E-state index is 12.1. The van der Waals surface area contributed by atoms with E-state index in [4.69, 9.17) is 0 Å². The predicted molar refractivity (Wildman–Crippen MR) is 75.3 cm³/mol. The summed E-state index contributed by atoms with van der Waals surface area (Å²) in [5.74, 6) is 1.28. The Hall–Kier alpha value is -2.44. The van der Waals surface area contributed by atoms with E-state index in [9.17, 15) is 4.79 Å². The van der Waals surface area contributed by atoms with Crippen molar-refractivity contribution >= 4 is 11.7 Å². The minimum absolute atomic E-state index is 0.184. The number of pyridine rings is 1. The number of carbonyl (C=O) groups is 1. The van der Waals surface area contributed by atoms with Crippen LogP contribution in [0.15, 0.2) is 24.7 Å². The summed E-state index contributed by atoms with van der Waals surface area (Å²) in [6.45, 7) is 4.65. The second-order valence-electron chi connectivity index (χ2n) is 4.46. The van der Waals surface area contributed by atoms with Crippen LogP contribution >= 0.6 is 0 Å². The molecule has 0 fully saturated rings. The number of hydrogen-bond donors (Lipinski definition) is 2. The predicted octanol–water partition coefficient (Wildman–Crippen LogP) is 1.13. The molecule has 2 rings (SSSR count). The lowest BCUT2D eigenvalue weighted by atomic mass is 10.2. The van der Waals surface area contributed by atoms with Crippen LogP contribution in [0.4, 0.5) is 5.82 Å². The van der Waals surface area contributed by atoms with Gasteiger partial charge in [0.15, 0.2) is 5.82 Å². The van der Waals surface area contributed by atoms with E-state index in [2.05, 4.69) is 25.8 Å². The first-order valence-electron chi connectivity index (χ1n) is 6.46. The number of amides is 1. The maximum Gasteiger partial charge on any atom is 0.253 e. The quantitative estimate of drug-likeness (QED) is 0.854. The number of anilines is 1. The second-order valence-corrected chi connectivity index (χ2v) is 4.46. The van der Waals surface area contributed by atoms with Gasteiger partial charge in [-0.15, -0.1) is 10.2 Å². The van der Waals surface area contributed by atoms with Gasteiger partial charge in [-0.2, -0.15) is 0 Å². The van der Waals surface area contributed by atoms with Gasteiger partial charge < -0.3 is 15.2 Å². The van der Waals surface area contributed by atoms with Gasteiger partial charge >= 0.3 is 0 Å².